The van der Waals surface area contributed by atoms with Crippen molar-refractivity contribution in [2.24, 2.45) is 0 Å². The van der Waals surface area contributed by atoms with Crippen molar-refractivity contribution in [1.82, 2.24) is 20.1 Å². The van der Waals surface area contributed by atoms with Gasteiger partial charge in [-0.05, 0) is 18.6 Å². The summed E-state index contributed by atoms with van der Waals surface area (Å²) < 4.78 is 5.38. The summed E-state index contributed by atoms with van der Waals surface area (Å²) >= 11 is 0. The lowest BCUT2D eigenvalue weighted by Gasteiger charge is -2.40. The number of nitrogens with one attached hydrogen (secondary N) is 1. The number of amides is 1. The molecule has 3 rings (SSSR count). The number of ether oxygens (including phenoxy) is 1. The zero-order valence-corrected chi connectivity index (χ0v) is 15.5. The van der Waals surface area contributed by atoms with E-state index in [-0.39, 0.29) is 42.8 Å². The number of hydrogen-bond acceptors (Lipinski definition) is 5. The number of rotatable bonds is 3. The van der Waals surface area contributed by atoms with Crippen molar-refractivity contribution in [3.05, 3.63) is 30.1 Å². The Morgan fingerprint density at radius 3 is 2.75 bits per heavy atom. The molecule has 2 unspecified atom stereocenters. The fourth-order valence-corrected chi connectivity index (χ4v) is 3.20. The van der Waals surface area contributed by atoms with Gasteiger partial charge in [0.25, 0.3) is 0 Å². The van der Waals surface area contributed by atoms with Crippen molar-refractivity contribution < 1.29 is 9.53 Å². The molecule has 0 saturated carbocycles. The number of halogens is 2. The minimum atomic E-state index is -0.0961. The first-order valence-corrected chi connectivity index (χ1v) is 8.00. The van der Waals surface area contributed by atoms with Gasteiger partial charge in [0, 0.05) is 45.1 Å². The van der Waals surface area contributed by atoms with Gasteiger partial charge in [0.15, 0.2) is 0 Å². The Hall–Kier alpha value is -0.920. The van der Waals surface area contributed by atoms with E-state index in [4.69, 9.17) is 4.74 Å². The minimum absolute atomic E-state index is 0. The lowest BCUT2D eigenvalue weighted by atomic mass is 10.0. The standard InChI is InChI=1S/C16H24N4O2.2ClH/c1-13(19-7-9-22-10-8-19)16(21)20-6-5-18-12-15(20)14-3-2-4-17-11-14;;/h2-4,11,13,15,18H,5-10,12H2,1H3;2*1H. The third kappa shape index (κ3) is 4.80. The van der Waals surface area contributed by atoms with Crippen LogP contribution in [0.4, 0.5) is 0 Å². The Labute approximate surface area is 155 Å². The van der Waals surface area contributed by atoms with Crippen molar-refractivity contribution >= 4 is 30.7 Å². The van der Waals surface area contributed by atoms with Gasteiger partial charge in [-0.25, -0.2) is 0 Å². The highest BCUT2D eigenvalue weighted by atomic mass is 35.5. The average Bonchev–Trinajstić information content (AvgIpc) is 2.62. The van der Waals surface area contributed by atoms with Gasteiger partial charge in [-0.3, -0.25) is 14.7 Å². The van der Waals surface area contributed by atoms with E-state index in [0.717, 1.165) is 38.3 Å². The first-order chi connectivity index (χ1) is 10.8. The van der Waals surface area contributed by atoms with Crippen LogP contribution in [-0.4, -0.2) is 72.7 Å². The zero-order valence-electron chi connectivity index (χ0n) is 13.9. The Kier molecular flexibility index (Phi) is 8.94. The molecule has 8 heteroatoms. The molecule has 3 heterocycles. The molecule has 0 radical (unpaired) electrons. The van der Waals surface area contributed by atoms with E-state index in [1.165, 1.54) is 0 Å². The van der Waals surface area contributed by atoms with E-state index in [9.17, 15) is 4.79 Å². The maximum atomic E-state index is 13.0. The van der Waals surface area contributed by atoms with E-state index in [1.54, 1.807) is 6.20 Å². The predicted molar refractivity (Wildman–Crippen MR) is 97.9 cm³/mol. The second-order valence-electron chi connectivity index (χ2n) is 5.86. The summed E-state index contributed by atoms with van der Waals surface area (Å²) in [6, 6.07) is 3.95. The first kappa shape index (κ1) is 21.1. The van der Waals surface area contributed by atoms with Crippen LogP contribution in [0.2, 0.25) is 0 Å². The van der Waals surface area contributed by atoms with Crippen molar-refractivity contribution in [2.75, 3.05) is 45.9 Å². The molecule has 1 aromatic rings. The molecular weight excluding hydrogens is 351 g/mol. The molecule has 1 aromatic heterocycles. The molecule has 2 atom stereocenters. The second-order valence-corrected chi connectivity index (χ2v) is 5.86. The van der Waals surface area contributed by atoms with Gasteiger partial charge < -0.3 is 15.0 Å². The minimum Gasteiger partial charge on any atom is -0.379 e. The number of carbonyl (C=O) groups is 1. The zero-order chi connectivity index (χ0) is 15.4. The monoisotopic (exact) mass is 376 g/mol. The van der Waals surface area contributed by atoms with Gasteiger partial charge in [0.1, 0.15) is 0 Å². The van der Waals surface area contributed by atoms with Crippen LogP contribution < -0.4 is 5.32 Å². The van der Waals surface area contributed by atoms with Crippen LogP contribution in [0.25, 0.3) is 0 Å². The largest absolute Gasteiger partial charge is 0.379 e. The summed E-state index contributed by atoms with van der Waals surface area (Å²) in [7, 11) is 0. The van der Waals surface area contributed by atoms with Gasteiger partial charge in [-0.15, -0.1) is 24.8 Å². The number of morpholine rings is 1. The Morgan fingerprint density at radius 1 is 1.33 bits per heavy atom. The molecule has 2 saturated heterocycles. The van der Waals surface area contributed by atoms with E-state index in [2.05, 4.69) is 15.2 Å². The Balaban J connectivity index is 0.00000144. The van der Waals surface area contributed by atoms with Crippen molar-refractivity contribution in [3.63, 3.8) is 0 Å². The smallest absolute Gasteiger partial charge is 0.240 e. The number of aromatic nitrogens is 1. The fourth-order valence-electron chi connectivity index (χ4n) is 3.20. The Morgan fingerprint density at radius 2 is 2.08 bits per heavy atom. The number of nitrogens with zero attached hydrogens (tertiary/aromatic N) is 3. The lowest BCUT2D eigenvalue weighted by Crippen LogP contribution is -2.56. The van der Waals surface area contributed by atoms with Crippen LogP contribution in [0.5, 0.6) is 0 Å². The molecule has 0 aliphatic carbocycles. The first-order valence-electron chi connectivity index (χ1n) is 8.00. The molecular formula is C16H26Cl2N4O2. The van der Waals surface area contributed by atoms with Crippen molar-refractivity contribution in [2.45, 2.75) is 19.0 Å². The van der Waals surface area contributed by atoms with E-state index in [1.807, 2.05) is 30.2 Å². The molecule has 136 valence electrons. The summed E-state index contributed by atoms with van der Waals surface area (Å²) in [5.41, 5.74) is 1.09. The number of carbonyl (C=O) groups excluding carboxylic acids is 1. The van der Waals surface area contributed by atoms with E-state index < -0.39 is 0 Å². The SMILES string of the molecule is CC(C(=O)N1CCNCC1c1cccnc1)N1CCOCC1.Cl.Cl. The van der Waals surface area contributed by atoms with Gasteiger partial charge in [-0.2, -0.15) is 0 Å². The molecule has 0 bridgehead atoms. The molecule has 24 heavy (non-hydrogen) atoms. The van der Waals surface area contributed by atoms with Gasteiger partial charge >= 0.3 is 0 Å². The Bertz CT molecular complexity index is 500. The topological polar surface area (TPSA) is 57.7 Å². The maximum Gasteiger partial charge on any atom is 0.240 e. The molecule has 2 fully saturated rings. The van der Waals surface area contributed by atoms with Crippen molar-refractivity contribution in [3.8, 4) is 0 Å². The van der Waals surface area contributed by atoms with Gasteiger partial charge in [0.2, 0.25) is 5.91 Å². The number of pyridine rings is 1. The van der Waals surface area contributed by atoms with Crippen LogP contribution >= 0.6 is 24.8 Å². The number of hydrogen-bond donors (Lipinski definition) is 1. The highest BCUT2D eigenvalue weighted by Gasteiger charge is 2.33. The second kappa shape index (κ2) is 10.2. The maximum absolute atomic E-state index is 13.0. The summed E-state index contributed by atoms with van der Waals surface area (Å²) in [6.45, 7) is 7.47. The molecule has 6 nitrogen and oxygen atoms in total. The van der Waals surface area contributed by atoms with Crippen LogP contribution in [0.1, 0.15) is 18.5 Å². The molecule has 2 aliphatic rings. The summed E-state index contributed by atoms with van der Waals surface area (Å²) in [6.07, 6.45) is 3.62. The molecule has 1 amide bonds. The highest BCUT2D eigenvalue weighted by molar-refractivity contribution is 5.85. The molecule has 1 N–H and O–H groups in total. The van der Waals surface area contributed by atoms with E-state index >= 15 is 0 Å². The van der Waals surface area contributed by atoms with Crippen molar-refractivity contribution in [1.29, 1.82) is 0 Å². The van der Waals surface area contributed by atoms with E-state index in [0.29, 0.717) is 13.2 Å². The lowest BCUT2D eigenvalue weighted by molar-refractivity contribution is -0.141. The molecule has 0 aromatic carbocycles. The van der Waals surface area contributed by atoms with Gasteiger partial charge in [-0.1, -0.05) is 6.07 Å². The predicted octanol–water partition coefficient (Wildman–Crippen LogP) is 1.12. The van der Waals surface area contributed by atoms with Crippen LogP contribution in [0.15, 0.2) is 24.5 Å². The molecule has 0 spiro atoms. The van der Waals surface area contributed by atoms with Crippen LogP contribution in [0, 0.1) is 0 Å². The fraction of sp³-hybridized carbons (Fsp3) is 0.625. The highest BCUT2D eigenvalue weighted by Crippen LogP contribution is 2.23. The average molecular weight is 377 g/mol. The quantitative estimate of drug-likeness (QED) is 0.856. The van der Waals surface area contributed by atoms with Crippen LogP contribution in [-0.2, 0) is 9.53 Å². The summed E-state index contributed by atoms with van der Waals surface area (Å²) in [5.74, 6) is 0.206. The number of piperazine rings is 1. The van der Waals surface area contributed by atoms with Crippen LogP contribution in [0.3, 0.4) is 0 Å². The summed E-state index contributed by atoms with van der Waals surface area (Å²) in [5, 5.41) is 3.38. The molecule has 2 aliphatic heterocycles. The third-order valence-corrected chi connectivity index (χ3v) is 4.55. The normalized spacial score (nSPS) is 22.9. The summed E-state index contributed by atoms with van der Waals surface area (Å²) in [4.78, 5) is 21.4. The third-order valence-electron chi connectivity index (χ3n) is 4.55. The van der Waals surface area contributed by atoms with Gasteiger partial charge in [0.05, 0.1) is 25.3 Å².